The molecule has 1 amide bonds. The Kier molecular flexibility index (Phi) is 7.06. The maximum atomic E-state index is 12.2. The summed E-state index contributed by atoms with van der Waals surface area (Å²) in [5.74, 6) is 0. The number of amides is 1. The quantitative estimate of drug-likeness (QED) is 0.560. The number of hydrogen-bond donors (Lipinski definition) is 0. The third kappa shape index (κ3) is 6.91. The summed E-state index contributed by atoms with van der Waals surface area (Å²) in [7, 11) is 0. The molecular formula is C21H31NO3. The molecule has 138 valence electrons. The minimum atomic E-state index is -0.441. The molecule has 0 aromatic heterocycles. The molecule has 0 unspecified atom stereocenters. The van der Waals surface area contributed by atoms with Crippen molar-refractivity contribution in [2.24, 2.45) is 0 Å². The molecule has 1 fully saturated rings. The first-order valence-corrected chi connectivity index (χ1v) is 9.14. The van der Waals surface area contributed by atoms with Crippen LogP contribution in [0.5, 0.6) is 0 Å². The highest BCUT2D eigenvalue weighted by atomic mass is 16.6. The maximum absolute atomic E-state index is 12.2. The summed E-state index contributed by atoms with van der Waals surface area (Å²) in [6.45, 7) is 9.91. The zero-order valence-electron chi connectivity index (χ0n) is 16.0. The van der Waals surface area contributed by atoms with Crippen LogP contribution in [0.3, 0.4) is 0 Å². The Bertz CT molecular complexity index is 575. The molecular weight excluding hydrogens is 314 g/mol. The van der Waals surface area contributed by atoms with Crippen LogP contribution in [0.25, 0.3) is 0 Å². The summed E-state index contributed by atoms with van der Waals surface area (Å²) in [6.07, 6.45) is 4.82. The Balaban J connectivity index is 1.71. The number of nitrogens with zero attached hydrogens (tertiary/aromatic N) is 1. The minimum absolute atomic E-state index is 0.181. The third-order valence-corrected chi connectivity index (χ3v) is 4.20. The lowest BCUT2D eigenvalue weighted by Gasteiger charge is -2.36. The standard InChI is InChI=1S/C21H31NO3/c1-17-15-18(12-13-22(17)20(23)25-21(2,3)4)11-8-14-24-16-19-9-6-5-7-10-19/h5-7,9-11,17H,8,12-16H2,1-4H3/b18-11+/t17-/m0/s1. The van der Waals surface area contributed by atoms with Gasteiger partial charge in [-0.05, 0) is 52.5 Å². The van der Waals surface area contributed by atoms with Crippen LogP contribution < -0.4 is 0 Å². The van der Waals surface area contributed by atoms with E-state index in [1.165, 1.54) is 11.1 Å². The second-order valence-electron chi connectivity index (χ2n) is 7.67. The number of piperidine rings is 1. The topological polar surface area (TPSA) is 38.8 Å². The van der Waals surface area contributed by atoms with E-state index < -0.39 is 5.60 Å². The van der Waals surface area contributed by atoms with Gasteiger partial charge in [-0.3, -0.25) is 0 Å². The molecule has 1 aromatic carbocycles. The molecule has 0 spiro atoms. The highest BCUT2D eigenvalue weighted by Crippen LogP contribution is 2.24. The van der Waals surface area contributed by atoms with Crippen LogP contribution in [0.4, 0.5) is 4.79 Å². The largest absolute Gasteiger partial charge is 0.444 e. The van der Waals surface area contributed by atoms with Crippen LogP contribution in [-0.2, 0) is 16.1 Å². The zero-order valence-corrected chi connectivity index (χ0v) is 16.0. The average Bonchev–Trinajstić information content (AvgIpc) is 2.54. The summed E-state index contributed by atoms with van der Waals surface area (Å²) in [6, 6.07) is 10.4. The van der Waals surface area contributed by atoms with Crippen LogP contribution in [0, 0.1) is 0 Å². The number of carbonyl (C=O) groups is 1. The van der Waals surface area contributed by atoms with E-state index in [2.05, 4.69) is 25.1 Å². The van der Waals surface area contributed by atoms with Gasteiger partial charge in [-0.2, -0.15) is 0 Å². The normalized spacial score (nSPS) is 19.9. The molecule has 4 heteroatoms. The predicted octanol–water partition coefficient (Wildman–Crippen LogP) is 4.94. The van der Waals surface area contributed by atoms with Crippen molar-refractivity contribution in [2.45, 2.75) is 65.2 Å². The fourth-order valence-electron chi connectivity index (χ4n) is 2.96. The van der Waals surface area contributed by atoms with Gasteiger partial charge < -0.3 is 14.4 Å². The molecule has 1 aromatic rings. The van der Waals surface area contributed by atoms with E-state index in [-0.39, 0.29) is 12.1 Å². The van der Waals surface area contributed by atoms with Gasteiger partial charge in [-0.1, -0.05) is 42.0 Å². The molecule has 0 saturated carbocycles. The minimum Gasteiger partial charge on any atom is -0.444 e. The van der Waals surface area contributed by atoms with Crippen molar-refractivity contribution in [3.63, 3.8) is 0 Å². The van der Waals surface area contributed by atoms with Gasteiger partial charge in [0.25, 0.3) is 0 Å². The monoisotopic (exact) mass is 345 g/mol. The zero-order chi connectivity index (χ0) is 18.3. The molecule has 25 heavy (non-hydrogen) atoms. The lowest BCUT2D eigenvalue weighted by Crippen LogP contribution is -2.45. The SMILES string of the molecule is C[C@H]1C/C(=C/CCOCc2ccccc2)CCN1C(=O)OC(C)(C)C. The first kappa shape index (κ1) is 19.5. The highest BCUT2D eigenvalue weighted by Gasteiger charge is 2.29. The number of carbonyl (C=O) groups excluding carboxylic acids is 1. The Morgan fingerprint density at radius 3 is 2.64 bits per heavy atom. The lowest BCUT2D eigenvalue weighted by molar-refractivity contribution is 0.0151. The van der Waals surface area contributed by atoms with Crippen molar-refractivity contribution in [3.05, 3.63) is 47.5 Å². The van der Waals surface area contributed by atoms with E-state index in [9.17, 15) is 4.79 Å². The van der Waals surface area contributed by atoms with E-state index in [0.29, 0.717) is 6.61 Å². The van der Waals surface area contributed by atoms with Gasteiger partial charge in [0.1, 0.15) is 5.60 Å². The van der Waals surface area contributed by atoms with E-state index in [0.717, 1.165) is 32.4 Å². The average molecular weight is 345 g/mol. The van der Waals surface area contributed by atoms with Gasteiger partial charge in [0.05, 0.1) is 13.2 Å². The van der Waals surface area contributed by atoms with E-state index in [1.54, 1.807) is 0 Å². The first-order chi connectivity index (χ1) is 11.8. The number of ether oxygens (including phenoxy) is 2. The summed E-state index contributed by atoms with van der Waals surface area (Å²) in [5, 5.41) is 0. The molecule has 2 rings (SSSR count). The van der Waals surface area contributed by atoms with E-state index in [4.69, 9.17) is 9.47 Å². The van der Waals surface area contributed by atoms with Gasteiger partial charge in [0.15, 0.2) is 0 Å². The van der Waals surface area contributed by atoms with Crippen molar-refractivity contribution < 1.29 is 14.3 Å². The van der Waals surface area contributed by atoms with Crippen molar-refractivity contribution in [1.29, 1.82) is 0 Å². The molecule has 0 N–H and O–H groups in total. The summed E-state index contributed by atoms with van der Waals surface area (Å²) >= 11 is 0. The third-order valence-electron chi connectivity index (χ3n) is 4.20. The number of rotatable bonds is 5. The molecule has 1 aliphatic rings. The Morgan fingerprint density at radius 1 is 1.28 bits per heavy atom. The van der Waals surface area contributed by atoms with Crippen molar-refractivity contribution in [2.75, 3.05) is 13.2 Å². The fourth-order valence-corrected chi connectivity index (χ4v) is 2.96. The van der Waals surface area contributed by atoms with Gasteiger partial charge in [0, 0.05) is 12.6 Å². The Morgan fingerprint density at radius 2 is 2.00 bits per heavy atom. The number of benzene rings is 1. The predicted molar refractivity (Wildman–Crippen MR) is 100 cm³/mol. The highest BCUT2D eigenvalue weighted by molar-refractivity contribution is 5.68. The molecule has 0 aliphatic carbocycles. The lowest BCUT2D eigenvalue weighted by atomic mass is 9.97. The summed E-state index contributed by atoms with van der Waals surface area (Å²) in [5.41, 5.74) is 2.17. The summed E-state index contributed by atoms with van der Waals surface area (Å²) in [4.78, 5) is 14.1. The van der Waals surface area contributed by atoms with Gasteiger partial charge >= 0.3 is 6.09 Å². The molecule has 1 atom stereocenters. The Hall–Kier alpha value is -1.81. The van der Waals surface area contributed by atoms with Gasteiger partial charge in [-0.15, -0.1) is 0 Å². The first-order valence-electron chi connectivity index (χ1n) is 9.14. The Labute approximate surface area is 151 Å². The molecule has 0 radical (unpaired) electrons. The van der Waals surface area contributed by atoms with Crippen LogP contribution in [0.2, 0.25) is 0 Å². The van der Waals surface area contributed by atoms with Crippen LogP contribution >= 0.6 is 0 Å². The van der Waals surface area contributed by atoms with Crippen LogP contribution in [-0.4, -0.2) is 35.8 Å². The molecule has 1 aliphatic heterocycles. The van der Waals surface area contributed by atoms with Gasteiger partial charge in [-0.25, -0.2) is 4.79 Å². The smallest absolute Gasteiger partial charge is 0.410 e. The molecule has 4 nitrogen and oxygen atoms in total. The molecule has 1 saturated heterocycles. The van der Waals surface area contributed by atoms with Crippen molar-refractivity contribution in [1.82, 2.24) is 4.90 Å². The maximum Gasteiger partial charge on any atom is 0.410 e. The molecule has 0 bridgehead atoms. The number of likely N-dealkylation sites (tertiary alicyclic amines) is 1. The van der Waals surface area contributed by atoms with E-state index >= 15 is 0 Å². The van der Waals surface area contributed by atoms with E-state index in [1.807, 2.05) is 43.9 Å². The fraction of sp³-hybridized carbons (Fsp3) is 0.571. The second-order valence-corrected chi connectivity index (χ2v) is 7.67. The van der Waals surface area contributed by atoms with Crippen molar-refractivity contribution in [3.8, 4) is 0 Å². The van der Waals surface area contributed by atoms with Crippen LogP contribution in [0.15, 0.2) is 42.0 Å². The van der Waals surface area contributed by atoms with Crippen molar-refractivity contribution >= 4 is 6.09 Å². The van der Waals surface area contributed by atoms with Gasteiger partial charge in [0.2, 0.25) is 0 Å². The summed E-state index contributed by atoms with van der Waals surface area (Å²) < 4.78 is 11.2. The van der Waals surface area contributed by atoms with Crippen LogP contribution in [0.1, 0.15) is 52.5 Å². The second kappa shape index (κ2) is 9.04. The number of hydrogen-bond acceptors (Lipinski definition) is 3. The molecule has 1 heterocycles.